The predicted molar refractivity (Wildman–Crippen MR) is 52.3 cm³/mol. The quantitative estimate of drug-likeness (QED) is 0.706. The van der Waals surface area contributed by atoms with E-state index < -0.39 is 0 Å². The second-order valence-electron chi connectivity index (χ2n) is 2.80. The van der Waals surface area contributed by atoms with Gasteiger partial charge in [0, 0.05) is 18.8 Å². The first-order chi connectivity index (χ1) is 6.24. The molecule has 13 heavy (non-hydrogen) atoms. The molecule has 1 heterocycles. The highest BCUT2D eigenvalue weighted by Crippen LogP contribution is 2.12. The van der Waals surface area contributed by atoms with Crippen LogP contribution in [0.1, 0.15) is 19.5 Å². The summed E-state index contributed by atoms with van der Waals surface area (Å²) in [5, 5.41) is 0. The summed E-state index contributed by atoms with van der Waals surface area (Å²) in [5.41, 5.74) is 0.932. The third-order valence-electron chi connectivity index (χ3n) is 2.12. The van der Waals surface area contributed by atoms with E-state index in [0.717, 1.165) is 18.7 Å². The lowest BCUT2D eigenvalue weighted by atomic mass is 10.2. The molecule has 0 aliphatic rings. The Balaban J connectivity index is 3.36. The zero-order valence-electron chi connectivity index (χ0n) is 8.33. The van der Waals surface area contributed by atoms with Gasteiger partial charge in [-0.2, -0.15) is 0 Å². The van der Waals surface area contributed by atoms with Crippen LogP contribution in [0, 0.1) is 0 Å². The maximum Gasteiger partial charge on any atom is 0.223 e. The van der Waals surface area contributed by atoms with Gasteiger partial charge in [0.1, 0.15) is 0 Å². The minimum atomic E-state index is -0.0379. The molecule has 0 fully saturated rings. The highest BCUT2D eigenvalue weighted by molar-refractivity contribution is 5.28. The molecule has 0 N–H and O–H groups in total. The molecule has 0 aliphatic carbocycles. The molecule has 3 nitrogen and oxygen atoms in total. The van der Waals surface area contributed by atoms with Crippen molar-refractivity contribution in [1.29, 1.82) is 0 Å². The maximum absolute atomic E-state index is 11.4. The molecule has 0 unspecified atom stereocenters. The third kappa shape index (κ3) is 1.74. The van der Waals surface area contributed by atoms with E-state index in [9.17, 15) is 4.79 Å². The molecule has 0 atom stereocenters. The van der Waals surface area contributed by atoms with Crippen LogP contribution in [0.3, 0.4) is 0 Å². The Labute approximate surface area is 78.0 Å². The van der Waals surface area contributed by atoms with Gasteiger partial charge in [-0.15, -0.1) is 0 Å². The van der Waals surface area contributed by atoms with Gasteiger partial charge in [-0.25, -0.2) is 0 Å². The fourth-order valence-corrected chi connectivity index (χ4v) is 1.47. The number of rotatable bonds is 3. The number of nitrogens with zero attached hydrogens (tertiary/aromatic N) is 1. The van der Waals surface area contributed by atoms with Gasteiger partial charge in [-0.05, 0) is 13.3 Å². The summed E-state index contributed by atoms with van der Waals surface area (Å²) in [5.74, 6) is 0.479. The van der Waals surface area contributed by atoms with Gasteiger partial charge in [0.25, 0.3) is 0 Å². The van der Waals surface area contributed by atoms with Crippen molar-refractivity contribution in [1.82, 2.24) is 4.57 Å². The molecule has 0 aliphatic heterocycles. The first-order valence-electron chi connectivity index (χ1n) is 4.50. The Hall–Kier alpha value is -1.25. The molecular weight excluding hydrogens is 166 g/mol. The molecule has 1 rings (SSSR count). The zero-order valence-corrected chi connectivity index (χ0v) is 8.33. The van der Waals surface area contributed by atoms with E-state index in [-0.39, 0.29) is 5.43 Å². The Bertz CT molecular complexity index is 341. The topological polar surface area (TPSA) is 31.2 Å². The second-order valence-corrected chi connectivity index (χ2v) is 2.80. The predicted octanol–water partition coefficient (Wildman–Crippen LogP) is 1.44. The van der Waals surface area contributed by atoms with Crippen molar-refractivity contribution in [3.63, 3.8) is 0 Å². The Morgan fingerprint density at radius 3 is 2.62 bits per heavy atom. The molecule has 0 radical (unpaired) electrons. The van der Waals surface area contributed by atoms with E-state index in [4.69, 9.17) is 4.74 Å². The van der Waals surface area contributed by atoms with Gasteiger partial charge in [0.05, 0.1) is 12.8 Å². The van der Waals surface area contributed by atoms with E-state index in [1.165, 1.54) is 7.11 Å². The SMILES string of the molecule is CCc1c(OC)c(=O)ccn1CC. The first kappa shape index (κ1) is 9.84. The average molecular weight is 181 g/mol. The van der Waals surface area contributed by atoms with Crippen molar-refractivity contribution in [2.45, 2.75) is 26.8 Å². The molecule has 3 heteroatoms. The van der Waals surface area contributed by atoms with Crippen LogP contribution in [0.15, 0.2) is 17.1 Å². The molecule has 0 spiro atoms. The second kappa shape index (κ2) is 4.12. The Kier molecular flexibility index (Phi) is 3.12. The number of methoxy groups -OCH3 is 1. The van der Waals surface area contributed by atoms with Gasteiger partial charge in [0.2, 0.25) is 5.43 Å². The summed E-state index contributed by atoms with van der Waals surface area (Å²) in [6.45, 7) is 4.92. The molecule has 72 valence electrons. The van der Waals surface area contributed by atoms with E-state index in [1.54, 1.807) is 6.07 Å². The zero-order chi connectivity index (χ0) is 9.84. The molecule has 0 amide bonds. The fourth-order valence-electron chi connectivity index (χ4n) is 1.47. The van der Waals surface area contributed by atoms with Crippen molar-refractivity contribution < 1.29 is 4.74 Å². The largest absolute Gasteiger partial charge is 0.491 e. The summed E-state index contributed by atoms with van der Waals surface area (Å²) in [7, 11) is 1.54. The van der Waals surface area contributed by atoms with Crippen molar-refractivity contribution in [3.8, 4) is 5.75 Å². The number of hydrogen-bond acceptors (Lipinski definition) is 2. The highest BCUT2D eigenvalue weighted by Gasteiger charge is 2.07. The van der Waals surface area contributed by atoms with Crippen molar-refractivity contribution in [2.24, 2.45) is 0 Å². The van der Waals surface area contributed by atoms with Crippen LogP contribution in [0.25, 0.3) is 0 Å². The van der Waals surface area contributed by atoms with Crippen LogP contribution in [-0.2, 0) is 13.0 Å². The number of aromatic nitrogens is 1. The van der Waals surface area contributed by atoms with E-state index in [1.807, 2.05) is 24.6 Å². The van der Waals surface area contributed by atoms with Crippen LogP contribution >= 0.6 is 0 Å². The van der Waals surface area contributed by atoms with Crippen LogP contribution in [0.5, 0.6) is 5.75 Å². The van der Waals surface area contributed by atoms with Gasteiger partial charge in [-0.1, -0.05) is 6.92 Å². The summed E-state index contributed by atoms with van der Waals surface area (Å²) >= 11 is 0. The lowest BCUT2D eigenvalue weighted by Gasteiger charge is -2.12. The lowest BCUT2D eigenvalue weighted by Crippen LogP contribution is -2.14. The minimum absolute atomic E-state index is 0.0379. The molecule has 0 saturated carbocycles. The first-order valence-corrected chi connectivity index (χ1v) is 4.50. The smallest absolute Gasteiger partial charge is 0.223 e. The minimum Gasteiger partial charge on any atom is -0.491 e. The number of aryl methyl sites for hydroxylation is 1. The van der Waals surface area contributed by atoms with Crippen LogP contribution in [-0.4, -0.2) is 11.7 Å². The average Bonchev–Trinajstić information content (AvgIpc) is 2.17. The molecule has 0 saturated heterocycles. The van der Waals surface area contributed by atoms with E-state index in [2.05, 4.69) is 0 Å². The van der Waals surface area contributed by atoms with E-state index in [0.29, 0.717) is 5.75 Å². The lowest BCUT2D eigenvalue weighted by molar-refractivity contribution is 0.398. The van der Waals surface area contributed by atoms with E-state index >= 15 is 0 Å². The van der Waals surface area contributed by atoms with Gasteiger partial charge >= 0.3 is 0 Å². The highest BCUT2D eigenvalue weighted by atomic mass is 16.5. The molecule has 0 aromatic carbocycles. The van der Waals surface area contributed by atoms with Gasteiger partial charge < -0.3 is 9.30 Å². The number of hydrogen-bond donors (Lipinski definition) is 0. The summed E-state index contributed by atoms with van der Waals surface area (Å²) in [6, 6.07) is 1.54. The summed E-state index contributed by atoms with van der Waals surface area (Å²) in [4.78, 5) is 11.4. The van der Waals surface area contributed by atoms with Crippen LogP contribution in [0.4, 0.5) is 0 Å². The normalized spacial score (nSPS) is 10.1. The van der Waals surface area contributed by atoms with Crippen molar-refractivity contribution in [2.75, 3.05) is 7.11 Å². The van der Waals surface area contributed by atoms with Crippen LogP contribution < -0.4 is 10.2 Å². The van der Waals surface area contributed by atoms with Crippen molar-refractivity contribution in [3.05, 3.63) is 28.2 Å². The monoisotopic (exact) mass is 181 g/mol. The maximum atomic E-state index is 11.4. The molecular formula is C10H15NO2. The van der Waals surface area contributed by atoms with Gasteiger partial charge in [0.15, 0.2) is 5.75 Å². The van der Waals surface area contributed by atoms with Crippen molar-refractivity contribution >= 4 is 0 Å². The standard InChI is InChI=1S/C10H15NO2/c1-4-8-10(13-3)9(12)6-7-11(8)5-2/h6-7H,4-5H2,1-3H3. The number of pyridine rings is 1. The fraction of sp³-hybridized carbons (Fsp3) is 0.500. The summed E-state index contributed by atoms with van der Waals surface area (Å²) < 4.78 is 7.10. The third-order valence-corrected chi connectivity index (χ3v) is 2.12. The molecule has 1 aromatic rings. The molecule has 1 aromatic heterocycles. The van der Waals surface area contributed by atoms with Crippen LogP contribution in [0.2, 0.25) is 0 Å². The Morgan fingerprint density at radius 2 is 2.15 bits per heavy atom. The summed E-state index contributed by atoms with van der Waals surface area (Å²) in [6.07, 6.45) is 2.62. The number of ether oxygens (including phenoxy) is 1. The Morgan fingerprint density at radius 1 is 1.46 bits per heavy atom. The molecule has 0 bridgehead atoms. The van der Waals surface area contributed by atoms with Gasteiger partial charge in [-0.3, -0.25) is 4.79 Å².